The summed E-state index contributed by atoms with van der Waals surface area (Å²) in [5, 5.41) is 1.21. The molecule has 0 bridgehead atoms. The molecule has 0 spiro atoms. The standard InChI is InChI=1S/C11H18N2OS/c1-8(12)10-6-13-11(15-10)5-9-3-2-4-14-7-9/h6,8-9H,2-5,7,12H2,1H3. The van der Waals surface area contributed by atoms with Crippen molar-refractivity contribution in [3.8, 4) is 0 Å². The van der Waals surface area contributed by atoms with Gasteiger partial charge < -0.3 is 10.5 Å². The topological polar surface area (TPSA) is 48.1 Å². The van der Waals surface area contributed by atoms with Gasteiger partial charge in [-0.15, -0.1) is 11.3 Å². The number of hydrogen-bond donors (Lipinski definition) is 1. The van der Waals surface area contributed by atoms with E-state index in [4.69, 9.17) is 10.5 Å². The normalized spacial score (nSPS) is 24.0. The number of aromatic nitrogens is 1. The Morgan fingerprint density at radius 1 is 1.73 bits per heavy atom. The first kappa shape index (κ1) is 11.0. The second-order valence-corrected chi connectivity index (χ2v) is 5.38. The van der Waals surface area contributed by atoms with Crippen molar-refractivity contribution in [1.29, 1.82) is 0 Å². The lowest BCUT2D eigenvalue weighted by atomic mass is 9.99. The molecule has 0 radical (unpaired) electrons. The molecular weight excluding hydrogens is 208 g/mol. The van der Waals surface area contributed by atoms with Gasteiger partial charge in [0, 0.05) is 36.8 Å². The summed E-state index contributed by atoms with van der Waals surface area (Å²) in [5.41, 5.74) is 5.81. The van der Waals surface area contributed by atoms with Crippen LogP contribution in [0, 0.1) is 5.92 Å². The van der Waals surface area contributed by atoms with Gasteiger partial charge in [-0.2, -0.15) is 0 Å². The summed E-state index contributed by atoms with van der Waals surface area (Å²) in [5.74, 6) is 0.658. The minimum atomic E-state index is 0.110. The van der Waals surface area contributed by atoms with Crippen LogP contribution in [0.15, 0.2) is 6.20 Å². The van der Waals surface area contributed by atoms with Crippen molar-refractivity contribution in [2.75, 3.05) is 13.2 Å². The van der Waals surface area contributed by atoms with E-state index in [9.17, 15) is 0 Å². The molecular formula is C11H18N2OS. The van der Waals surface area contributed by atoms with Crippen molar-refractivity contribution >= 4 is 11.3 Å². The zero-order valence-corrected chi connectivity index (χ0v) is 9.93. The molecule has 1 aromatic heterocycles. The summed E-state index contributed by atoms with van der Waals surface area (Å²) in [6.45, 7) is 3.83. The number of rotatable bonds is 3. The summed E-state index contributed by atoms with van der Waals surface area (Å²) in [4.78, 5) is 5.60. The van der Waals surface area contributed by atoms with Crippen molar-refractivity contribution in [2.24, 2.45) is 11.7 Å². The van der Waals surface area contributed by atoms with E-state index in [0.717, 1.165) is 19.6 Å². The van der Waals surface area contributed by atoms with Gasteiger partial charge in [-0.3, -0.25) is 0 Å². The molecule has 1 aliphatic heterocycles. The predicted octanol–water partition coefficient (Wildman–Crippen LogP) is 2.13. The van der Waals surface area contributed by atoms with Crippen molar-refractivity contribution in [2.45, 2.75) is 32.2 Å². The van der Waals surface area contributed by atoms with Crippen LogP contribution in [-0.4, -0.2) is 18.2 Å². The number of nitrogens with zero attached hydrogens (tertiary/aromatic N) is 1. The molecule has 1 fully saturated rings. The van der Waals surface area contributed by atoms with E-state index in [0.29, 0.717) is 5.92 Å². The first-order chi connectivity index (χ1) is 7.25. The van der Waals surface area contributed by atoms with Crippen LogP contribution in [0.5, 0.6) is 0 Å². The fraction of sp³-hybridized carbons (Fsp3) is 0.727. The van der Waals surface area contributed by atoms with Crippen molar-refractivity contribution < 1.29 is 4.74 Å². The Hall–Kier alpha value is -0.450. The van der Waals surface area contributed by atoms with Crippen molar-refractivity contribution in [1.82, 2.24) is 4.98 Å². The third-order valence-corrected chi connectivity index (χ3v) is 3.96. The monoisotopic (exact) mass is 226 g/mol. The highest BCUT2D eigenvalue weighted by atomic mass is 32.1. The van der Waals surface area contributed by atoms with Crippen LogP contribution in [0.25, 0.3) is 0 Å². The molecule has 2 N–H and O–H groups in total. The second-order valence-electron chi connectivity index (χ2n) is 4.23. The number of ether oxygens (including phenoxy) is 1. The zero-order chi connectivity index (χ0) is 10.7. The zero-order valence-electron chi connectivity index (χ0n) is 9.11. The molecule has 2 heterocycles. The van der Waals surface area contributed by atoms with Crippen LogP contribution >= 0.6 is 11.3 Å². The SMILES string of the molecule is CC(N)c1cnc(CC2CCCOC2)s1. The number of thiazole rings is 1. The molecule has 0 aliphatic carbocycles. The van der Waals surface area contributed by atoms with E-state index >= 15 is 0 Å². The van der Waals surface area contributed by atoms with Gasteiger partial charge in [0.1, 0.15) is 0 Å². The van der Waals surface area contributed by atoms with E-state index in [2.05, 4.69) is 4.98 Å². The highest BCUT2D eigenvalue weighted by molar-refractivity contribution is 7.11. The van der Waals surface area contributed by atoms with Crippen LogP contribution < -0.4 is 5.73 Å². The predicted molar refractivity (Wildman–Crippen MR) is 62.0 cm³/mol. The highest BCUT2D eigenvalue weighted by Crippen LogP contribution is 2.24. The van der Waals surface area contributed by atoms with Gasteiger partial charge in [0.25, 0.3) is 0 Å². The molecule has 1 aromatic rings. The quantitative estimate of drug-likeness (QED) is 0.859. The van der Waals surface area contributed by atoms with Gasteiger partial charge in [-0.1, -0.05) is 0 Å². The summed E-state index contributed by atoms with van der Waals surface area (Å²) >= 11 is 1.74. The van der Waals surface area contributed by atoms with Gasteiger partial charge in [0.2, 0.25) is 0 Å². The molecule has 1 aliphatic rings. The van der Waals surface area contributed by atoms with Crippen LogP contribution in [-0.2, 0) is 11.2 Å². The Morgan fingerprint density at radius 3 is 3.20 bits per heavy atom. The van der Waals surface area contributed by atoms with E-state index in [1.807, 2.05) is 13.1 Å². The maximum Gasteiger partial charge on any atom is 0.0931 e. The Labute approximate surface area is 94.7 Å². The molecule has 4 heteroatoms. The van der Waals surface area contributed by atoms with E-state index in [1.165, 1.54) is 22.7 Å². The fourth-order valence-electron chi connectivity index (χ4n) is 1.84. The Bertz CT molecular complexity index is 305. The van der Waals surface area contributed by atoms with E-state index < -0.39 is 0 Å². The molecule has 0 saturated carbocycles. The van der Waals surface area contributed by atoms with Crippen molar-refractivity contribution in [3.05, 3.63) is 16.1 Å². The largest absolute Gasteiger partial charge is 0.381 e. The van der Waals surface area contributed by atoms with Crippen LogP contribution in [0.1, 0.15) is 35.7 Å². The lowest BCUT2D eigenvalue weighted by Crippen LogP contribution is -2.19. The van der Waals surface area contributed by atoms with Crippen LogP contribution in [0.4, 0.5) is 0 Å². The maximum absolute atomic E-state index is 5.81. The van der Waals surface area contributed by atoms with Gasteiger partial charge in [0.05, 0.1) is 5.01 Å². The van der Waals surface area contributed by atoms with E-state index in [-0.39, 0.29) is 6.04 Å². The third kappa shape index (κ3) is 3.00. The Kier molecular flexibility index (Phi) is 3.72. The first-order valence-corrected chi connectivity index (χ1v) is 6.35. The summed E-state index contributed by atoms with van der Waals surface area (Å²) in [6.07, 6.45) is 5.43. The molecule has 84 valence electrons. The Balaban J connectivity index is 1.91. The average molecular weight is 226 g/mol. The van der Waals surface area contributed by atoms with Gasteiger partial charge in [-0.25, -0.2) is 4.98 Å². The number of nitrogens with two attached hydrogens (primary N) is 1. The highest BCUT2D eigenvalue weighted by Gasteiger charge is 2.16. The molecule has 15 heavy (non-hydrogen) atoms. The number of hydrogen-bond acceptors (Lipinski definition) is 4. The fourth-order valence-corrected chi connectivity index (χ4v) is 2.83. The molecule has 2 rings (SSSR count). The molecule has 2 atom stereocenters. The lowest BCUT2D eigenvalue weighted by molar-refractivity contribution is 0.0550. The molecule has 1 saturated heterocycles. The van der Waals surface area contributed by atoms with Gasteiger partial charge in [0.15, 0.2) is 0 Å². The average Bonchev–Trinajstić information content (AvgIpc) is 2.68. The molecule has 3 nitrogen and oxygen atoms in total. The Morgan fingerprint density at radius 2 is 2.60 bits per heavy atom. The van der Waals surface area contributed by atoms with E-state index in [1.54, 1.807) is 11.3 Å². The van der Waals surface area contributed by atoms with Gasteiger partial charge >= 0.3 is 0 Å². The van der Waals surface area contributed by atoms with Crippen molar-refractivity contribution in [3.63, 3.8) is 0 Å². The minimum Gasteiger partial charge on any atom is -0.381 e. The third-order valence-electron chi connectivity index (χ3n) is 2.74. The minimum absolute atomic E-state index is 0.110. The lowest BCUT2D eigenvalue weighted by Gasteiger charge is -2.20. The van der Waals surface area contributed by atoms with Gasteiger partial charge in [-0.05, 0) is 25.7 Å². The molecule has 0 aromatic carbocycles. The second kappa shape index (κ2) is 5.05. The summed E-state index contributed by atoms with van der Waals surface area (Å²) in [7, 11) is 0. The summed E-state index contributed by atoms with van der Waals surface area (Å²) < 4.78 is 5.46. The smallest absolute Gasteiger partial charge is 0.0931 e. The first-order valence-electron chi connectivity index (χ1n) is 5.53. The van der Waals surface area contributed by atoms with Crippen LogP contribution in [0.3, 0.4) is 0 Å². The van der Waals surface area contributed by atoms with Crippen LogP contribution in [0.2, 0.25) is 0 Å². The maximum atomic E-state index is 5.81. The molecule has 2 unspecified atom stereocenters. The molecule has 0 amide bonds. The summed E-state index contributed by atoms with van der Waals surface area (Å²) in [6, 6.07) is 0.110.